The van der Waals surface area contributed by atoms with Crippen LogP contribution in [0.15, 0.2) is 35.4 Å². The van der Waals surface area contributed by atoms with Gasteiger partial charge < -0.3 is 15.0 Å². The maximum absolute atomic E-state index is 13.8. The fraction of sp³-hybridized carbons (Fsp3) is 0.286. The van der Waals surface area contributed by atoms with Gasteiger partial charge >= 0.3 is 5.56 Å². The first kappa shape index (κ1) is 12.8. The first-order valence-electron chi connectivity index (χ1n) is 6.42. The Kier molecular flexibility index (Phi) is 3.23. The Bertz CT molecular complexity index is 695. The molecule has 0 saturated heterocycles. The van der Waals surface area contributed by atoms with E-state index in [4.69, 9.17) is 10.5 Å². The number of nitrogens with zero attached hydrogens (tertiary/aromatic N) is 2. The fourth-order valence-corrected chi connectivity index (χ4v) is 1.97. The van der Waals surface area contributed by atoms with Gasteiger partial charge in [0.25, 0.3) is 5.88 Å². The van der Waals surface area contributed by atoms with Gasteiger partial charge in [-0.05, 0) is 30.5 Å². The van der Waals surface area contributed by atoms with Gasteiger partial charge in [-0.2, -0.15) is 0 Å². The third-order valence-electron chi connectivity index (χ3n) is 3.22. The highest BCUT2D eigenvalue weighted by Gasteiger charge is 2.25. The third kappa shape index (κ3) is 2.42. The minimum absolute atomic E-state index is 0.0275. The van der Waals surface area contributed by atoms with Crippen molar-refractivity contribution in [1.82, 2.24) is 9.55 Å². The second-order valence-electron chi connectivity index (χ2n) is 4.75. The van der Waals surface area contributed by atoms with E-state index in [-0.39, 0.29) is 29.8 Å². The Labute approximate surface area is 114 Å². The van der Waals surface area contributed by atoms with E-state index in [0.29, 0.717) is 5.56 Å². The van der Waals surface area contributed by atoms with Crippen LogP contribution in [0.2, 0.25) is 0 Å². The minimum Gasteiger partial charge on any atom is -0.432 e. The molecule has 0 atom stereocenters. The van der Waals surface area contributed by atoms with Crippen LogP contribution in [-0.4, -0.2) is 9.55 Å². The molecule has 1 aromatic carbocycles. The summed E-state index contributed by atoms with van der Waals surface area (Å²) in [5.74, 6) is -0.699. The SMILES string of the molecule is NCc1ccc(Oc2nccn(C3CC3)c2=O)c(F)c1. The van der Waals surface area contributed by atoms with Gasteiger partial charge in [0.05, 0.1) is 0 Å². The number of ether oxygens (including phenoxy) is 1. The second-order valence-corrected chi connectivity index (χ2v) is 4.75. The molecular weight excluding hydrogens is 261 g/mol. The number of hydrogen-bond acceptors (Lipinski definition) is 4. The average molecular weight is 275 g/mol. The molecule has 5 nitrogen and oxygen atoms in total. The van der Waals surface area contributed by atoms with Gasteiger partial charge in [-0.15, -0.1) is 0 Å². The number of halogens is 1. The van der Waals surface area contributed by atoms with Gasteiger partial charge in [0, 0.05) is 25.0 Å². The third-order valence-corrected chi connectivity index (χ3v) is 3.22. The average Bonchev–Trinajstić information content (AvgIpc) is 3.27. The van der Waals surface area contributed by atoms with Crippen LogP contribution in [0.25, 0.3) is 0 Å². The standard InChI is InChI=1S/C14H14FN3O2/c15-11-7-9(8-16)1-4-12(11)20-13-14(19)18(6-5-17-13)10-2-3-10/h1,4-7,10H,2-3,8,16H2. The van der Waals surface area contributed by atoms with Gasteiger partial charge in [-0.3, -0.25) is 4.79 Å². The Morgan fingerprint density at radius 1 is 1.45 bits per heavy atom. The molecule has 6 heteroatoms. The molecule has 1 aliphatic rings. The van der Waals surface area contributed by atoms with Crippen LogP contribution in [-0.2, 0) is 6.54 Å². The summed E-state index contributed by atoms with van der Waals surface area (Å²) >= 11 is 0. The molecule has 2 aromatic rings. The molecule has 0 amide bonds. The molecule has 1 aliphatic carbocycles. The molecular formula is C14H14FN3O2. The van der Waals surface area contributed by atoms with Crippen molar-refractivity contribution in [3.8, 4) is 11.6 Å². The van der Waals surface area contributed by atoms with Crippen molar-refractivity contribution < 1.29 is 9.13 Å². The monoisotopic (exact) mass is 275 g/mol. The van der Waals surface area contributed by atoms with Crippen molar-refractivity contribution in [3.05, 3.63) is 52.3 Å². The van der Waals surface area contributed by atoms with E-state index in [2.05, 4.69) is 4.98 Å². The molecule has 1 saturated carbocycles. The lowest BCUT2D eigenvalue weighted by Crippen LogP contribution is -2.20. The molecule has 1 fully saturated rings. The van der Waals surface area contributed by atoms with E-state index in [9.17, 15) is 9.18 Å². The quantitative estimate of drug-likeness (QED) is 0.926. The van der Waals surface area contributed by atoms with Gasteiger partial charge in [0.2, 0.25) is 0 Å². The number of rotatable bonds is 4. The maximum Gasteiger partial charge on any atom is 0.313 e. The number of benzene rings is 1. The zero-order valence-corrected chi connectivity index (χ0v) is 10.8. The van der Waals surface area contributed by atoms with Crippen molar-refractivity contribution in [3.63, 3.8) is 0 Å². The predicted molar refractivity (Wildman–Crippen MR) is 71.1 cm³/mol. The first-order chi connectivity index (χ1) is 9.69. The Morgan fingerprint density at radius 2 is 2.25 bits per heavy atom. The van der Waals surface area contributed by atoms with Crippen molar-refractivity contribution >= 4 is 0 Å². The lowest BCUT2D eigenvalue weighted by molar-refractivity contribution is 0.414. The van der Waals surface area contributed by atoms with Crippen molar-refractivity contribution in [1.29, 1.82) is 0 Å². The van der Waals surface area contributed by atoms with Crippen LogP contribution >= 0.6 is 0 Å². The van der Waals surface area contributed by atoms with Gasteiger partial charge in [0.1, 0.15) is 0 Å². The normalized spacial score (nSPS) is 14.3. The van der Waals surface area contributed by atoms with E-state index < -0.39 is 5.82 Å². The summed E-state index contributed by atoms with van der Waals surface area (Å²) in [6.07, 6.45) is 5.06. The molecule has 0 bridgehead atoms. The molecule has 0 aliphatic heterocycles. The topological polar surface area (TPSA) is 70.1 Å². The molecule has 2 N–H and O–H groups in total. The second kappa shape index (κ2) is 5.05. The lowest BCUT2D eigenvalue weighted by atomic mass is 10.2. The van der Waals surface area contributed by atoms with Crippen LogP contribution < -0.4 is 16.0 Å². The molecule has 104 valence electrons. The van der Waals surface area contributed by atoms with Crippen LogP contribution in [0.4, 0.5) is 4.39 Å². The first-order valence-corrected chi connectivity index (χ1v) is 6.42. The molecule has 0 radical (unpaired) electrons. The number of hydrogen-bond donors (Lipinski definition) is 1. The Hall–Kier alpha value is -2.21. The summed E-state index contributed by atoms with van der Waals surface area (Å²) in [4.78, 5) is 16.0. The maximum atomic E-state index is 13.8. The fourth-order valence-electron chi connectivity index (χ4n) is 1.97. The van der Waals surface area contributed by atoms with E-state index >= 15 is 0 Å². The summed E-state index contributed by atoms with van der Waals surface area (Å²) in [5, 5.41) is 0. The molecule has 0 unspecified atom stereocenters. The van der Waals surface area contributed by atoms with Crippen molar-refractivity contribution in [2.45, 2.75) is 25.4 Å². The Morgan fingerprint density at radius 3 is 2.90 bits per heavy atom. The highest BCUT2D eigenvalue weighted by molar-refractivity contribution is 5.31. The molecule has 1 aromatic heterocycles. The van der Waals surface area contributed by atoms with Gasteiger partial charge in [-0.1, -0.05) is 6.07 Å². The van der Waals surface area contributed by atoms with E-state index in [1.165, 1.54) is 18.3 Å². The summed E-state index contributed by atoms with van der Waals surface area (Å²) in [7, 11) is 0. The molecule has 20 heavy (non-hydrogen) atoms. The summed E-state index contributed by atoms with van der Waals surface area (Å²) in [5.41, 5.74) is 5.76. The lowest BCUT2D eigenvalue weighted by Gasteiger charge is -2.08. The van der Waals surface area contributed by atoms with Gasteiger partial charge in [-0.25, -0.2) is 9.37 Å². The van der Waals surface area contributed by atoms with Crippen LogP contribution in [0.3, 0.4) is 0 Å². The van der Waals surface area contributed by atoms with E-state index in [0.717, 1.165) is 12.8 Å². The van der Waals surface area contributed by atoms with Crippen molar-refractivity contribution in [2.75, 3.05) is 0 Å². The van der Waals surface area contributed by atoms with Gasteiger partial charge in [0.15, 0.2) is 11.6 Å². The minimum atomic E-state index is -0.559. The summed E-state index contributed by atoms with van der Waals surface area (Å²) in [6, 6.07) is 4.61. The summed E-state index contributed by atoms with van der Waals surface area (Å²) in [6.45, 7) is 0.245. The van der Waals surface area contributed by atoms with Crippen molar-refractivity contribution in [2.24, 2.45) is 5.73 Å². The predicted octanol–water partition coefficient (Wildman–Crippen LogP) is 1.97. The Balaban J connectivity index is 1.91. The summed E-state index contributed by atoms with van der Waals surface area (Å²) < 4.78 is 20.7. The molecule has 0 spiro atoms. The highest BCUT2D eigenvalue weighted by atomic mass is 19.1. The van der Waals surface area contributed by atoms with Crippen LogP contribution in [0.1, 0.15) is 24.4 Å². The van der Waals surface area contributed by atoms with E-state index in [1.807, 2.05) is 0 Å². The highest BCUT2D eigenvalue weighted by Crippen LogP contribution is 2.33. The number of nitrogens with two attached hydrogens (primary N) is 1. The molecule has 1 heterocycles. The van der Waals surface area contributed by atoms with Crippen LogP contribution in [0, 0.1) is 5.82 Å². The zero-order chi connectivity index (χ0) is 14.1. The van der Waals surface area contributed by atoms with Crippen LogP contribution in [0.5, 0.6) is 11.6 Å². The van der Waals surface area contributed by atoms with E-state index in [1.54, 1.807) is 16.8 Å². The smallest absolute Gasteiger partial charge is 0.313 e. The zero-order valence-electron chi connectivity index (χ0n) is 10.8. The molecule has 3 rings (SSSR count). The largest absolute Gasteiger partial charge is 0.432 e. The number of aromatic nitrogens is 2.